The van der Waals surface area contributed by atoms with E-state index in [2.05, 4.69) is 4.74 Å². The molecule has 2 amide bonds. The van der Waals surface area contributed by atoms with Crippen molar-refractivity contribution in [2.45, 2.75) is 58.6 Å². The zero-order valence-electron chi connectivity index (χ0n) is 24.0. The molecule has 3 aliphatic rings. The van der Waals surface area contributed by atoms with Gasteiger partial charge in [0.15, 0.2) is 11.5 Å². The summed E-state index contributed by atoms with van der Waals surface area (Å²) in [5.41, 5.74) is 0.505. The lowest BCUT2D eigenvalue weighted by molar-refractivity contribution is -0.274. The number of para-hydroxylation sites is 1. The maximum Gasteiger partial charge on any atom is 0.573 e. The van der Waals surface area contributed by atoms with Gasteiger partial charge in [0.05, 0.1) is 18.0 Å². The number of fused-ring (bicyclic) bond motifs is 2. The number of ether oxygens (including phenoxy) is 4. The fourth-order valence-corrected chi connectivity index (χ4v) is 5.61. The first-order valence-electron chi connectivity index (χ1n) is 14.0. The van der Waals surface area contributed by atoms with Gasteiger partial charge in [-0.1, -0.05) is 32.9 Å². The second-order valence-corrected chi connectivity index (χ2v) is 12.0. The standard InChI is InChI=1S/C30H33F3N2O8/c1-29(2,3)15-35-21-8-7-18(43-30(31,32)33)13-20(21)25(19-5-4-6-22-26(19)41-16-40-22)42-23(27(35)37)14-24(36)34-11-9-17(10-12-34)28(38)39/h4-8,13,17,23,25H,9-12,14-16H2,1-3H3,(H,38,39)/t23-,25-/m0/s1. The average molecular weight is 607 g/mol. The summed E-state index contributed by atoms with van der Waals surface area (Å²) >= 11 is 0. The molecule has 0 aromatic heterocycles. The van der Waals surface area contributed by atoms with Crippen LogP contribution in [0.5, 0.6) is 17.2 Å². The molecule has 43 heavy (non-hydrogen) atoms. The molecule has 3 heterocycles. The topological polar surface area (TPSA) is 115 Å². The number of likely N-dealkylation sites (tertiary alicyclic amines) is 1. The third-order valence-electron chi connectivity index (χ3n) is 7.55. The van der Waals surface area contributed by atoms with Crippen LogP contribution >= 0.6 is 0 Å². The van der Waals surface area contributed by atoms with E-state index in [9.17, 15) is 32.7 Å². The number of nitrogens with zero attached hydrogens (tertiary/aromatic N) is 2. The van der Waals surface area contributed by atoms with Crippen LogP contribution in [0.25, 0.3) is 0 Å². The first-order valence-corrected chi connectivity index (χ1v) is 14.0. The quantitative estimate of drug-likeness (QED) is 0.494. The second-order valence-electron chi connectivity index (χ2n) is 12.0. The maximum absolute atomic E-state index is 14.2. The zero-order chi connectivity index (χ0) is 31.1. The van der Waals surface area contributed by atoms with Crippen molar-refractivity contribution in [1.29, 1.82) is 0 Å². The number of carboxylic acids is 1. The molecule has 0 unspecified atom stereocenters. The maximum atomic E-state index is 14.2. The minimum absolute atomic E-state index is 0.0769. The predicted octanol–water partition coefficient (Wildman–Crippen LogP) is 4.89. The third-order valence-corrected chi connectivity index (χ3v) is 7.55. The molecular weight excluding hydrogens is 573 g/mol. The summed E-state index contributed by atoms with van der Waals surface area (Å²) in [6.07, 6.45) is -7.16. The number of carboxylic acid groups (broad SMARTS) is 1. The highest BCUT2D eigenvalue weighted by Crippen LogP contribution is 2.47. The largest absolute Gasteiger partial charge is 0.573 e. The molecular formula is C30H33F3N2O8. The highest BCUT2D eigenvalue weighted by molar-refractivity contribution is 6.00. The Morgan fingerprint density at radius 3 is 2.42 bits per heavy atom. The van der Waals surface area contributed by atoms with Crippen molar-refractivity contribution >= 4 is 23.5 Å². The first kappa shape index (κ1) is 30.5. The van der Waals surface area contributed by atoms with E-state index in [1.807, 2.05) is 20.8 Å². The lowest BCUT2D eigenvalue weighted by Gasteiger charge is -2.33. The van der Waals surface area contributed by atoms with Gasteiger partial charge in [0.2, 0.25) is 12.7 Å². The van der Waals surface area contributed by atoms with Gasteiger partial charge >= 0.3 is 12.3 Å². The van der Waals surface area contributed by atoms with Crippen LogP contribution in [0.4, 0.5) is 18.9 Å². The average Bonchev–Trinajstić information content (AvgIpc) is 3.38. The van der Waals surface area contributed by atoms with Crippen molar-refractivity contribution in [1.82, 2.24) is 4.90 Å². The van der Waals surface area contributed by atoms with Crippen LogP contribution in [0.2, 0.25) is 0 Å². The number of hydrogen-bond donors (Lipinski definition) is 1. The Labute approximate surface area is 246 Å². The summed E-state index contributed by atoms with van der Waals surface area (Å²) in [6.45, 7) is 6.27. The Balaban J connectivity index is 1.57. The summed E-state index contributed by atoms with van der Waals surface area (Å²) in [4.78, 5) is 41.9. The van der Waals surface area contributed by atoms with E-state index in [1.165, 1.54) is 21.9 Å². The molecule has 2 aromatic rings. The number of carbonyl (C=O) groups is 3. The Kier molecular flexibility index (Phi) is 8.21. The Morgan fingerprint density at radius 1 is 1.05 bits per heavy atom. The molecule has 10 nitrogen and oxygen atoms in total. The first-order chi connectivity index (χ1) is 20.2. The number of benzene rings is 2. The minimum Gasteiger partial charge on any atom is -0.481 e. The van der Waals surface area contributed by atoms with E-state index in [1.54, 1.807) is 18.2 Å². The summed E-state index contributed by atoms with van der Waals surface area (Å²) in [5.74, 6) is -2.15. The molecule has 0 spiro atoms. The van der Waals surface area contributed by atoms with E-state index < -0.39 is 47.5 Å². The lowest BCUT2D eigenvalue weighted by atomic mass is 9.94. The van der Waals surface area contributed by atoms with Gasteiger partial charge in [0, 0.05) is 30.8 Å². The van der Waals surface area contributed by atoms with E-state index >= 15 is 0 Å². The molecule has 0 aliphatic carbocycles. The lowest BCUT2D eigenvalue weighted by Crippen LogP contribution is -2.47. The van der Waals surface area contributed by atoms with Crippen LogP contribution in [0.1, 0.15) is 57.3 Å². The molecule has 1 N–H and O–H groups in total. The molecule has 1 fully saturated rings. The minimum atomic E-state index is -4.95. The number of amides is 2. The number of halogens is 3. The van der Waals surface area contributed by atoms with Gasteiger partial charge in [0.1, 0.15) is 18.0 Å². The fraction of sp³-hybridized carbons (Fsp3) is 0.500. The van der Waals surface area contributed by atoms with Crippen molar-refractivity contribution in [3.8, 4) is 17.2 Å². The van der Waals surface area contributed by atoms with Crippen molar-refractivity contribution < 1.29 is 51.6 Å². The molecule has 0 bridgehead atoms. The van der Waals surface area contributed by atoms with E-state index in [-0.39, 0.29) is 44.3 Å². The van der Waals surface area contributed by atoms with E-state index in [0.717, 1.165) is 6.07 Å². The van der Waals surface area contributed by atoms with Crippen LogP contribution in [0, 0.1) is 11.3 Å². The number of piperidine rings is 1. The Bertz CT molecular complexity index is 1400. The van der Waals surface area contributed by atoms with Crippen LogP contribution < -0.4 is 19.1 Å². The Hall–Kier alpha value is -4.00. The molecule has 2 atom stereocenters. The molecule has 0 radical (unpaired) electrons. The van der Waals surface area contributed by atoms with Gasteiger partial charge in [-0.2, -0.15) is 0 Å². The summed E-state index contributed by atoms with van der Waals surface area (Å²) in [7, 11) is 0. The summed E-state index contributed by atoms with van der Waals surface area (Å²) in [6, 6.07) is 8.72. The number of rotatable bonds is 6. The van der Waals surface area contributed by atoms with E-state index in [0.29, 0.717) is 35.6 Å². The molecule has 0 saturated carbocycles. The highest BCUT2D eigenvalue weighted by Gasteiger charge is 2.42. The van der Waals surface area contributed by atoms with Gasteiger partial charge in [-0.05, 0) is 42.5 Å². The molecule has 232 valence electrons. The van der Waals surface area contributed by atoms with Crippen molar-refractivity contribution in [2.24, 2.45) is 11.3 Å². The molecule has 1 saturated heterocycles. The number of carbonyl (C=O) groups excluding carboxylic acids is 2. The van der Waals surface area contributed by atoms with Crippen molar-refractivity contribution in [3.63, 3.8) is 0 Å². The van der Waals surface area contributed by atoms with Gasteiger partial charge in [-0.3, -0.25) is 14.4 Å². The SMILES string of the molecule is CC(C)(C)CN1C(=O)[C@H](CC(=O)N2CCC(C(=O)O)CC2)O[C@@H](c2cccc3c2OCO3)c2cc(OC(F)(F)F)ccc21. The molecule has 3 aliphatic heterocycles. The Morgan fingerprint density at radius 2 is 1.77 bits per heavy atom. The number of anilines is 1. The van der Waals surface area contributed by atoms with Crippen LogP contribution in [-0.2, 0) is 19.1 Å². The smallest absolute Gasteiger partial charge is 0.481 e. The third kappa shape index (κ3) is 6.82. The normalized spacial score (nSPS) is 20.9. The van der Waals surface area contributed by atoms with Crippen LogP contribution in [0.15, 0.2) is 36.4 Å². The van der Waals surface area contributed by atoms with Crippen LogP contribution in [-0.4, -0.2) is 66.7 Å². The molecule has 2 aromatic carbocycles. The monoisotopic (exact) mass is 606 g/mol. The number of aliphatic carboxylic acids is 1. The summed E-state index contributed by atoms with van der Waals surface area (Å²) < 4.78 is 61.5. The zero-order valence-corrected chi connectivity index (χ0v) is 24.0. The van der Waals surface area contributed by atoms with Gasteiger partial charge in [-0.15, -0.1) is 13.2 Å². The van der Waals surface area contributed by atoms with Crippen LogP contribution in [0.3, 0.4) is 0 Å². The fourth-order valence-electron chi connectivity index (χ4n) is 5.61. The number of hydrogen-bond acceptors (Lipinski definition) is 7. The summed E-state index contributed by atoms with van der Waals surface area (Å²) in [5, 5.41) is 9.32. The second kappa shape index (κ2) is 11.6. The molecule has 13 heteroatoms. The van der Waals surface area contributed by atoms with Crippen molar-refractivity contribution in [2.75, 3.05) is 31.3 Å². The number of alkyl halides is 3. The van der Waals surface area contributed by atoms with Gasteiger partial charge in [-0.25, -0.2) is 0 Å². The van der Waals surface area contributed by atoms with Gasteiger partial charge in [0.25, 0.3) is 5.91 Å². The van der Waals surface area contributed by atoms with Gasteiger partial charge < -0.3 is 33.9 Å². The molecule has 5 rings (SSSR count). The predicted molar refractivity (Wildman–Crippen MR) is 146 cm³/mol. The van der Waals surface area contributed by atoms with Crippen molar-refractivity contribution in [3.05, 3.63) is 47.5 Å². The highest BCUT2D eigenvalue weighted by atomic mass is 19.4. The van der Waals surface area contributed by atoms with E-state index in [4.69, 9.17) is 14.2 Å².